The Balaban J connectivity index is 1.49. The van der Waals surface area contributed by atoms with Gasteiger partial charge in [0.2, 0.25) is 5.95 Å². The maximum atomic E-state index is 14.7. The topological polar surface area (TPSA) is 75.2 Å². The van der Waals surface area contributed by atoms with Crippen LogP contribution in [0.2, 0.25) is 0 Å². The lowest BCUT2D eigenvalue weighted by molar-refractivity contribution is -0.137. The van der Waals surface area contributed by atoms with Crippen LogP contribution in [0, 0.1) is 5.82 Å². The molecule has 3 heterocycles. The molecule has 0 saturated heterocycles. The minimum Gasteiger partial charge on any atom is -0.322 e. The van der Waals surface area contributed by atoms with Crippen molar-refractivity contribution in [1.29, 1.82) is 0 Å². The van der Waals surface area contributed by atoms with E-state index < -0.39 is 33.1 Å². The van der Waals surface area contributed by atoms with Gasteiger partial charge in [-0.15, -0.1) is 11.3 Å². The number of anilines is 2. The molecule has 5 rings (SSSR count). The fourth-order valence-corrected chi connectivity index (χ4v) is 5.86. The molecule has 6 nitrogen and oxygen atoms in total. The largest absolute Gasteiger partial charge is 0.420 e. The highest BCUT2D eigenvalue weighted by molar-refractivity contribution is 7.90. The Hall–Kier alpha value is -2.57. The predicted octanol–water partition coefficient (Wildman–Crippen LogP) is 4.99. The standard InChI is InChI=1S/C21H18F4N4O2S2/c1-33(30,31)14-6-18(32-10-14)19-15(21(23,24)25)7-26-20(28-19)27-17-5-12-9-29(13-2-3-13)8-11(12)4-16(17)22/h4-7,10,13H,2-3,8-9H2,1H3,(H,26,27,28). The van der Waals surface area contributed by atoms with Gasteiger partial charge in [-0.3, -0.25) is 4.90 Å². The van der Waals surface area contributed by atoms with E-state index in [9.17, 15) is 26.0 Å². The molecule has 1 N–H and O–H groups in total. The predicted molar refractivity (Wildman–Crippen MR) is 115 cm³/mol. The number of nitrogens with zero attached hydrogens (tertiary/aromatic N) is 3. The van der Waals surface area contributed by atoms with E-state index >= 15 is 0 Å². The number of fused-ring (bicyclic) bond motifs is 1. The molecule has 0 bridgehead atoms. The van der Waals surface area contributed by atoms with Gasteiger partial charge in [-0.25, -0.2) is 22.8 Å². The van der Waals surface area contributed by atoms with Crippen molar-refractivity contribution < 1.29 is 26.0 Å². The number of sulfone groups is 1. The van der Waals surface area contributed by atoms with Gasteiger partial charge in [0.25, 0.3) is 0 Å². The number of nitrogens with one attached hydrogen (secondary N) is 1. The van der Waals surface area contributed by atoms with E-state index in [1.54, 1.807) is 6.07 Å². The van der Waals surface area contributed by atoms with Crippen LogP contribution in [-0.2, 0) is 29.1 Å². The van der Waals surface area contributed by atoms with E-state index in [1.165, 1.54) is 11.4 Å². The summed E-state index contributed by atoms with van der Waals surface area (Å²) in [7, 11) is -3.60. The highest BCUT2D eigenvalue weighted by Crippen LogP contribution is 2.40. The molecule has 1 aliphatic heterocycles. The van der Waals surface area contributed by atoms with Crippen LogP contribution in [-0.4, -0.2) is 35.6 Å². The first kappa shape index (κ1) is 22.2. The van der Waals surface area contributed by atoms with E-state index in [1.807, 2.05) is 0 Å². The van der Waals surface area contributed by atoms with Gasteiger partial charge in [0.15, 0.2) is 9.84 Å². The third-order valence-corrected chi connectivity index (χ3v) is 7.86. The van der Waals surface area contributed by atoms with Gasteiger partial charge in [-0.2, -0.15) is 13.2 Å². The lowest BCUT2D eigenvalue weighted by Gasteiger charge is -2.13. The van der Waals surface area contributed by atoms with Crippen LogP contribution in [0.25, 0.3) is 10.6 Å². The Kier molecular flexibility index (Phi) is 5.22. The zero-order valence-electron chi connectivity index (χ0n) is 17.3. The molecule has 12 heteroatoms. The van der Waals surface area contributed by atoms with Crippen molar-refractivity contribution in [3.63, 3.8) is 0 Å². The molecule has 33 heavy (non-hydrogen) atoms. The molecule has 0 atom stereocenters. The number of alkyl halides is 3. The first-order valence-electron chi connectivity index (χ1n) is 10.0. The summed E-state index contributed by atoms with van der Waals surface area (Å²) >= 11 is 0.826. The number of hydrogen-bond donors (Lipinski definition) is 1. The summed E-state index contributed by atoms with van der Waals surface area (Å²) < 4.78 is 79.0. The average molecular weight is 499 g/mol. The molecule has 0 unspecified atom stereocenters. The summed E-state index contributed by atoms with van der Waals surface area (Å²) in [5.74, 6) is -0.768. The van der Waals surface area contributed by atoms with Gasteiger partial charge in [-0.1, -0.05) is 0 Å². The Labute approximate surface area is 191 Å². The van der Waals surface area contributed by atoms with Crippen LogP contribution in [0.1, 0.15) is 29.5 Å². The normalized spacial score (nSPS) is 16.8. The zero-order chi connectivity index (χ0) is 23.5. The first-order valence-corrected chi connectivity index (χ1v) is 12.8. The van der Waals surface area contributed by atoms with E-state index in [0.29, 0.717) is 25.3 Å². The molecule has 0 amide bonds. The molecule has 2 aromatic heterocycles. The van der Waals surface area contributed by atoms with Crippen LogP contribution < -0.4 is 5.32 Å². The molecule has 0 radical (unpaired) electrons. The number of hydrogen-bond acceptors (Lipinski definition) is 7. The lowest BCUT2D eigenvalue weighted by Crippen LogP contribution is -2.18. The van der Waals surface area contributed by atoms with Crippen molar-refractivity contribution in [2.75, 3.05) is 11.6 Å². The van der Waals surface area contributed by atoms with Crippen molar-refractivity contribution in [3.05, 3.63) is 52.3 Å². The second-order valence-electron chi connectivity index (χ2n) is 8.23. The van der Waals surface area contributed by atoms with Crippen molar-refractivity contribution in [2.45, 2.75) is 43.0 Å². The maximum absolute atomic E-state index is 14.7. The van der Waals surface area contributed by atoms with Crippen LogP contribution in [0.5, 0.6) is 0 Å². The molecule has 1 aliphatic carbocycles. The Morgan fingerprint density at radius 1 is 1.15 bits per heavy atom. The highest BCUT2D eigenvalue weighted by Gasteiger charge is 2.36. The highest BCUT2D eigenvalue weighted by atomic mass is 32.2. The van der Waals surface area contributed by atoms with Gasteiger partial charge < -0.3 is 5.32 Å². The molecular weight excluding hydrogens is 480 g/mol. The minimum absolute atomic E-state index is 0.0164. The average Bonchev–Trinajstić information content (AvgIpc) is 3.29. The molecule has 1 fully saturated rings. The van der Waals surface area contributed by atoms with Gasteiger partial charge in [0.05, 0.1) is 21.2 Å². The second-order valence-corrected chi connectivity index (χ2v) is 11.2. The van der Waals surface area contributed by atoms with Crippen LogP contribution in [0.15, 0.2) is 34.7 Å². The molecule has 174 valence electrons. The summed E-state index contributed by atoms with van der Waals surface area (Å²) in [5.41, 5.74) is 0.339. The zero-order valence-corrected chi connectivity index (χ0v) is 18.9. The number of halogens is 4. The molecular formula is C21H18F4N4O2S2. The van der Waals surface area contributed by atoms with Gasteiger partial charge in [-0.05, 0) is 42.2 Å². The maximum Gasteiger partial charge on any atom is 0.420 e. The minimum atomic E-state index is -4.76. The van der Waals surface area contributed by atoms with Crippen LogP contribution >= 0.6 is 11.3 Å². The first-order chi connectivity index (χ1) is 15.5. The number of rotatable bonds is 5. The molecule has 1 saturated carbocycles. The van der Waals surface area contributed by atoms with E-state index in [0.717, 1.165) is 47.6 Å². The van der Waals surface area contributed by atoms with Crippen LogP contribution in [0.4, 0.5) is 29.2 Å². The van der Waals surface area contributed by atoms with Gasteiger partial charge >= 0.3 is 6.18 Å². The molecule has 3 aromatic rings. The second kappa shape index (κ2) is 7.74. The number of benzene rings is 1. The Morgan fingerprint density at radius 2 is 1.85 bits per heavy atom. The van der Waals surface area contributed by atoms with Crippen molar-refractivity contribution >= 4 is 32.8 Å². The quantitative estimate of drug-likeness (QED) is 0.500. The van der Waals surface area contributed by atoms with Gasteiger partial charge in [0, 0.05) is 37.0 Å². The van der Waals surface area contributed by atoms with E-state index in [-0.39, 0.29) is 21.4 Å². The summed E-state index contributed by atoms with van der Waals surface area (Å²) in [5, 5.41) is 3.95. The van der Waals surface area contributed by atoms with E-state index in [2.05, 4.69) is 20.2 Å². The molecule has 1 aromatic carbocycles. The number of aromatic nitrogens is 2. The fourth-order valence-electron chi connectivity index (χ4n) is 3.84. The smallest absolute Gasteiger partial charge is 0.322 e. The third-order valence-electron chi connectivity index (χ3n) is 5.68. The SMILES string of the molecule is CS(=O)(=O)c1csc(-c2nc(Nc3cc4c(cc3F)CN(C3CC3)C4)ncc2C(F)(F)F)c1. The summed E-state index contributed by atoms with van der Waals surface area (Å²) in [6.45, 7) is 1.37. The fraction of sp³-hybridized carbons (Fsp3) is 0.333. The Bertz CT molecular complexity index is 1350. The molecule has 0 spiro atoms. The monoisotopic (exact) mass is 498 g/mol. The van der Waals surface area contributed by atoms with Crippen molar-refractivity contribution in [3.8, 4) is 10.6 Å². The Morgan fingerprint density at radius 3 is 2.45 bits per heavy atom. The van der Waals surface area contributed by atoms with Crippen molar-refractivity contribution in [2.24, 2.45) is 0 Å². The summed E-state index contributed by atoms with van der Waals surface area (Å²) in [4.78, 5) is 9.91. The van der Waals surface area contributed by atoms with Crippen molar-refractivity contribution in [1.82, 2.24) is 14.9 Å². The van der Waals surface area contributed by atoms with Gasteiger partial charge in [0.1, 0.15) is 11.4 Å². The summed E-state index contributed by atoms with van der Waals surface area (Å²) in [6.07, 6.45) is -0.905. The summed E-state index contributed by atoms with van der Waals surface area (Å²) in [6, 6.07) is 4.74. The third kappa shape index (κ3) is 4.46. The van der Waals surface area contributed by atoms with Crippen LogP contribution in [0.3, 0.4) is 0 Å². The number of thiophene rings is 1. The van der Waals surface area contributed by atoms with E-state index in [4.69, 9.17) is 0 Å². The lowest BCUT2D eigenvalue weighted by atomic mass is 10.1. The molecule has 2 aliphatic rings.